The molecule has 0 aliphatic heterocycles. The van der Waals surface area contributed by atoms with E-state index in [1.807, 2.05) is 14.0 Å². The Morgan fingerprint density at radius 1 is 1.21 bits per heavy atom. The fourth-order valence-electron chi connectivity index (χ4n) is 4.25. The Bertz CT molecular complexity index is 769. The number of fused-ring (bicyclic) bond motifs is 3. The maximum atomic E-state index is 11.6. The molecule has 29 heavy (non-hydrogen) atoms. The highest BCUT2D eigenvalue weighted by molar-refractivity contribution is 5.94. The summed E-state index contributed by atoms with van der Waals surface area (Å²) >= 11 is 0. The molecule has 158 valence electrons. The maximum Gasteiger partial charge on any atom is 0.309 e. The molecular formula is C22H32N4O3. The van der Waals surface area contributed by atoms with Crippen molar-refractivity contribution in [2.75, 3.05) is 13.6 Å². The first kappa shape index (κ1) is 22.5. The normalized spacial score (nSPS) is 26.6. The lowest BCUT2D eigenvalue weighted by Gasteiger charge is -2.51. The number of carboxylic acid groups (broad SMARTS) is 1. The number of nitrogens with one attached hydrogen (secondary N) is 1. The van der Waals surface area contributed by atoms with Gasteiger partial charge >= 0.3 is 5.97 Å². The molecule has 0 saturated heterocycles. The standard InChI is InChI=1S/C22H32N4O3/c1-6-24-17(4)26(5)18(13-15(2)19(23)27)16(3)25-14-21-7-10-22(11-8-21,12-9-21)20(28)29/h6,13,25H,1-3,7-12,14H2,4-5H3,(H2,23,27)(H,28,29)/b18-13-,24-17?. The van der Waals surface area contributed by atoms with Gasteiger partial charge in [0.2, 0.25) is 5.91 Å². The van der Waals surface area contributed by atoms with Crippen LogP contribution in [-0.2, 0) is 9.59 Å². The number of nitrogens with zero attached hydrogens (tertiary/aromatic N) is 2. The summed E-state index contributed by atoms with van der Waals surface area (Å²) in [6.07, 6.45) is 7.88. The Morgan fingerprint density at radius 3 is 2.21 bits per heavy atom. The van der Waals surface area contributed by atoms with Crippen molar-refractivity contribution >= 4 is 17.7 Å². The molecule has 0 aromatic heterocycles. The summed E-state index contributed by atoms with van der Waals surface area (Å²) in [5, 5.41) is 13.0. The summed E-state index contributed by atoms with van der Waals surface area (Å²) in [4.78, 5) is 29.1. The van der Waals surface area contributed by atoms with Crippen LogP contribution in [0.15, 0.2) is 54.0 Å². The summed E-state index contributed by atoms with van der Waals surface area (Å²) in [6.45, 7) is 14.0. The molecule has 0 atom stereocenters. The maximum absolute atomic E-state index is 11.6. The molecule has 0 radical (unpaired) electrons. The first-order valence-electron chi connectivity index (χ1n) is 9.82. The van der Waals surface area contributed by atoms with Crippen LogP contribution in [0.3, 0.4) is 0 Å². The molecule has 1 amide bonds. The number of rotatable bonds is 9. The van der Waals surface area contributed by atoms with Crippen molar-refractivity contribution in [1.82, 2.24) is 10.2 Å². The van der Waals surface area contributed by atoms with Crippen molar-refractivity contribution < 1.29 is 14.7 Å². The molecule has 3 aliphatic carbocycles. The number of primary amides is 1. The Morgan fingerprint density at radius 2 is 1.76 bits per heavy atom. The quantitative estimate of drug-likeness (QED) is 0.239. The second-order valence-corrected chi connectivity index (χ2v) is 8.25. The lowest BCUT2D eigenvalue weighted by atomic mass is 9.53. The summed E-state index contributed by atoms with van der Waals surface area (Å²) in [7, 11) is 1.82. The molecule has 3 fully saturated rings. The minimum atomic E-state index is -0.656. The molecule has 3 saturated carbocycles. The van der Waals surface area contributed by atoms with Gasteiger partial charge in [0.15, 0.2) is 0 Å². The molecule has 0 spiro atoms. The van der Waals surface area contributed by atoms with E-state index in [-0.39, 0.29) is 11.0 Å². The van der Waals surface area contributed by atoms with Crippen molar-refractivity contribution in [2.24, 2.45) is 21.6 Å². The zero-order valence-corrected chi connectivity index (χ0v) is 17.5. The highest BCUT2D eigenvalue weighted by atomic mass is 16.4. The molecule has 3 aliphatic rings. The first-order valence-corrected chi connectivity index (χ1v) is 9.82. The van der Waals surface area contributed by atoms with Gasteiger partial charge in [0.25, 0.3) is 0 Å². The third kappa shape index (κ3) is 4.78. The van der Waals surface area contributed by atoms with E-state index in [4.69, 9.17) is 5.73 Å². The third-order valence-electron chi connectivity index (χ3n) is 6.59. The van der Waals surface area contributed by atoms with Gasteiger partial charge in [0.1, 0.15) is 5.84 Å². The summed E-state index contributed by atoms with van der Waals surface area (Å²) in [5.74, 6) is -0.589. The van der Waals surface area contributed by atoms with Crippen LogP contribution in [-0.4, -0.2) is 41.3 Å². The average molecular weight is 401 g/mol. The Labute approximate surface area is 172 Å². The van der Waals surface area contributed by atoms with E-state index in [0.29, 0.717) is 23.8 Å². The number of aliphatic imine (C=N–C) groups is 1. The number of nitrogens with two attached hydrogens (primary N) is 1. The predicted molar refractivity (Wildman–Crippen MR) is 115 cm³/mol. The minimum absolute atomic E-state index is 0.0781. The van der Waals surface area contributed by atoms with Gasteiger partial charge in [-0.1, -0.05) is 19.7 Å². The number of carbonyl (C=O) groups is 2. The van der Waals surface area contributed by atoms with Gasteiger partial charge in [0.05, 0.1) is 16.8 Å². The van der Waals surface area contributed by atoms with Crippen LogP contribution in [0.1, 0.15) is 45.4 Å². The number of amidine groups is 1. The van der Waals surface area contributed by atoms with E-state index in [9.17, 15) is 14.7 Å². The second kappa shape index (κ2) is 8.68. The van der Waals surface area contributed by atoms with Crippen LogP contribution in [0.4, 0.5) is 0 Å². The van der Waals surface area contributed by atoms with Gasteiger partial charge in [-0.3, -0.25) is 9.59 Å². The molecule has 0 aromatic carbocycles. The smallest absolute Gasteiger partial charge is 0.309 e. The number of amides is 1. The van der Waals surface area contributed by atoms with Gasteiger partial charge in [-0.15, -0.1) is 0 Å². The summed E-state index contributed by atoms with van der Waals surface area (Å²) in [5.41, 5.74) is 6.34. The predicted octanol–water partition coefficient (Wildman–Crippen LogP) is 2.93. The van der Waals surface area contributed by atoms with Gasteiger partial charge in [-0.25, -0.2) is 4.99 Å². The Balaban J connectivity index is 2.13. The van der Waals surface area contributed by atoms with E-state index in [0.717, 1.165) is 38.5 Å². The third-order valence-corrected chi connectivity index (χ3v) is 6.59. The van der Waals surface area contributed by atoms with Crippen molar-refractivity contribution in [3.8, 4) is 0 Å². The number of carbonyl (C=O) groups excluding carboxylic acids is 1. The van der Waals surface area contributed by atoms with Gasteiger partial charge < -0.3 is 21.1 Å². The number of likely N-dealkylation sites (N-methyl/N-ethyl adjacent to an activating group) is 1. The van der Waals surface area contributed by atoms with Crippen LogP contribution in [0.25, 0.3) is 0 Å². The van der Waals surface area contributed by atoms with E-state index in [2.05, 4.69) is 30.0 Å². The van der Waals surface area contributed by atoms with Crippen LogP contribution in [0, 0.1) is 10.8 Å². The van der Waals surface area contributed by atoms with E-state index >= 15 is 0 Å². The molecule has 2 bridgehead atoms. The lowest BCUT2D eigenvalue weighted by Crippen LogP contribution is -2.49. The summed E-state index contributed by atoms with van der Waals surface area (Å²) in [6, 6.07) is 0. The fourth-order valence-corrected chi connectivity index (χ4v) is 4.25. The van der Waals surface area contributed by atoms with Crippen molar-refractivity contribution in [3.05, 3.63) is 49.0 Å². The fraction of sp³-hybridized carbons (Fsp3) is 0.500. The number of hydrogen-bond acceptors (Lipinski definition) is 4. The lowest BCUT2D eigenvalue weighted by molar-refractivity contribution is -0.158. The number of aliphatic carboxylic acids is 1. The van der Waals surface area contributed by atoms with Gasteiger partial charge in [0, 0.05) is 25.4 Å². The molecule has 0 aromatic rings. The molecular weight excluding hydrogens is 368 g/mol. The van der Waals surface area contributed by atoms with Crippen molar-refractivity contribution in [3.63, 3.8) is 0 Å². The first-order chi connectivity index (χ1) is 13.6. The minimum Gasteiger partial charge on any atom is -0.481 e. The molecule has 0 heterocycles. The zero-order chi connectivity index (χ0) is 21.8. The summed E-state index contributed by atoms with van der Waals surface area (Å²) < 4.78 is 0. The highest BCUT2D eigenvalue weighted by Gasteiger charge is 2.52. The Hall–Kier alpha value is -2.83. The highest BCUT2D eigenvalue weighted by Crippen LogP contribution is 2.56. The monoisotopic (exact) mass is 400 g/mol. The van der Waals surface area contributed by atoms with Crippen LogP contribution < -0.4 is 11.1 Å². The number of carboxylic acids is 1. The van der Waals surface area contributed by atoms with Crippen LogP contribution in [0.2, 0.25) is 0 Å². The Kier molecular flexibility index (Phi) is 6.72. The van der Waals surface area contributed by atoms with Crippen LogP contribution >= 0.6 is 0 Å². The molecule has 7 nitrogen and oxygen atoms in total. The van der Waals surface area contributed by atoms with Gasteiger partial charge in [-0.05, 0) is 56.9 Å². The van der Waals surface area contributed by atoms with E-state index in [1.54, 1.807) is 11.0 Å². The molecule has 7 heteroatoms. The molecule has 4 N–H and O–H groups in total. The second-order valence-electron chi connectivity index (χ2n) is 8.25. The van der Waals surface area contributed by atoms with E-state index < -0.39 is 17.3 Å². The molecule has 0 unspecified atom stereocenters. The zero-order valence-electron chi connectivity index (χ0n) is 17.5. The van der Waals surface area contributed by atoms with Crippen LogP contribution in [0.5, 0.6) is 0 Å². The van der Waals surface area contributed by atoms with Crippen molar-refractivity contribution in [2.45, 2.75) is 45.4 Å². The van der Waals surface area contributed by atoms with Gasteiger partial charge in [-0.2, -0.15) is 0 Å². The topological polar surface area (TPSA) is 108 Å². The molecule has 3 rings (SSSR count). The largest absolute Gasteiger partial charge is 0.481 e. The van der Waals surface area contributed by atoms with Crippen molar-refractivity contribution in [1.29, 1.82) is 0 Å². The SMILES string of the molecule is C=CN=C(C)N(C)/C(=C\C(=C)C(N)=O)C(=C)NCC12CCC(C(=O)O)(CC1)CC2. The van der Waals surface area contributed by atoms with E-state index in [1.165, 1.54) is 6.20 Å². The average Bonchev–Trinajstić information content (AvgIpc) is 2.71. The number of hydrogen-bond donors (Lipinski definition) is 3.